The predicted octanol–water partition coefficient (Wildman–Crippen LogP) is 3.62. The Morgan fingerprint density at radius 1 is 1.26 bits per heavy atom. The number of halogens is 3. The number of hydrogen-bond acceptors (Lipinski definition) is 4. The molecular weight excluding hydrogens is 466 g/mol. The lowest BCUT2D eigenvalue weighted by Gasteiger charge is -2.27. The average Bonchev–Trinajstić information content (AvgIpc) is 3.55. The number of benzene rings is 1. The Morgan fingerprint density at radius 2 is 2.12 bits per heavy atom. The van der Waals surface area contributed by atoms with Gasteiger partial charge in [-0.2, -0.15) is 0 Å². The molecule has 2 N–H and O–H groups in total. The van der Waals surface area contributed by atoms with Crippen LogP contribution in [0.3, 0.4) is 0 Å². The van der Waals surface area contributed by atoms with E-state index in [4.69, 9.17) is 16.3 Å². The van der Waals surface area contributed by atoms with E-state index in [0.29, 0.717) is 35.8 Å². The van der Waals surface area contributed by atoms with Gasteiger partial charge in [0, 0.05) is 43.8 Å². The second-order valence-corrected chi connectivity index (χ2v) is 9.32. The van der Waals surface area contributed by atoms with E-state index in [9.17, 15) is 18.4 Å². The van der Waals surface area contributed by atoms with Gasteiger partial charge in [0.15, 0.2) is 0 Å². The van der Waals surface area contributed by atoms with Gasteiger partial charge in [-0.15, -0.1) is 0 Å². The Kier molecular flexibility index (Phi) is 5.99. The molecule has 10 heteroatoms. The van der Waals surface area contributed by atoms with Crippen LogP contribution < -0.4 is 5.32 Å². The molecule has 2 saturated heterocycles. The Hall–Kier alpha value is -3.04. The van der Waals surface area contributed by atoms with Gasteiger partial charge in [0.25, 0.3) is 5.91 Å². The molecule has 1 spiro atoms. The zero-order valence-corrected chi connectivity index (χ0v) is 19.0. The van der Waals surface area contributed by atoms with E-state index < -0.39 is 23.6 Å². The molecule has 7 nitrogen and oxygen atoms in total. The third kappa shape index (κ3) is 4.50. The molecule has 1 aromatic carbocycles. The van der Waals surface area contributed by atoms with Crippen molar-refractivity contribution in [3.63, 3.8) is 0 Å². The molecule has 2 fully saturated rings. The quantitative estimate of drug-likeness (QED) is 0.574. The van der Waals surface area contributed by atoms with Gasteiger partial charge in [-0.25, -0.2) is 13.8 Å². The summed E-state index contributed by atoms with van der Waals surface area (Å²) in [6, 6.07) is 5.39. The van der Waals surface area contributed by atoms with Crippen LogP contribution in [0.15, 0.2) is 36.5 Å². The molecule has 0 bridgehead atoms. The Morgan fingerprint density at radius 3 is 2.88 bits per heavy atom. The lowest BCUT2D eigenvalue weighted by Crippen LogP contribution is -2.50. The Labute approximate surface area is 199 Å². The number of aromatic amines is 1. The van der Waals surface area contributed by atoms with Crippen molar-refractivity contribution in [2.75, 3.05) is 19.7 Å². The van der Waals surface area contributed by atoms with Crippen molar-refractivity contribution in [1.29, 1.82) is 0 Å². The molecule has 1 unspecified atom stereocenters. The van der Waals surface area contributed by atoms with Crippen LogP contribution >= 0.6 is 11.6 Å². The van der Waals surface area contributed by atoms with Gasteiger partial charge in [-0.05, 0) is 43.0 Å². The number of carbonyl (C=O) groups is 2. The topological polar surface area (TPSA) is 87.3 Å². The highest BCUT2D eigenvalue weighted by Crippen LogP contribution is 2.35. The van der Waals surface area contributed by atoms with Crippen molar-refractivity contribution in [3.05, 3.63) is 64.4 Å². The summed E-state index contributed by atoms with van der Waals surface area (Å²) in [7, 11) is 0. The number of carbonyl (C=O) groups excluding carboxylic acids is 2. The van der Waals surface area contributed by atoms with Crippen LogP contribution in [0.5, 0.6) is 0 Å². The van der Waals surface area contributed by atoms with E-state index in [1.54, 1.807) is 17.0 Å². The van der Waals surface area contributed by atoms with E-state index in [-0.39, 0.29) is 29.2 Å². The fourth-order valence-corrected chi connectivity index (χ4v) is 4.95. The summed E-state index contributed by atoms with van der Waals surface area (Å²) in [5.74, 6) is -2.35. The first-order valence-corrected chi connectivity index (χ1v) is 11.5. The first kappa shape index (κ1) is 22.7. The number of pyridine rings is 1. The van der Waals surface area contributed by atoms with E-state index >= 15 is 0 Å². The minimum absolute atomic E-state index is 0.120. The maximum Gasteiger partial charge on any atom is 0.268 e. The predicted molar refractivity (Wildman–Crippen MR) is 122 cm³/mol. The fraction of sp³-hybridized carbons (Fsp3) is 0.375. The van der Waals surface area contributed by atoms with Crippen LogP contribution in [0, 0.1) is 11.6 Å². The molecule has 4 heterocycles. The standard InChI is InChI=1S/C24H23ClF2N4O3/c25-16-8-15-10-19(29-21(15)28-12-16)22(32)30-20(9-14-2-3-17(26)11-18(14)27)23(33)31-6-5-24(13-31)4-1-7-34-24/h2-3,8,10-12,20H,1,4-7,9,13H2,(H,28,29)(H,30,32)/t20-,24?/m0/s1. The van der Waals surface area contributed by atoms with Gasteiger partial charge in [-0.3, -0.25) is 9.59 Å². The number of hydrogen-bond donors (Lipinski definition) is 2. The molecule has 5 rings (SSSR count). The lowest BCUT2D eigenvalue weighted by atomic mass is 9.99. The van der Waals surface area contributed by atoms with Crippen molar-refractivity contribution < 1.29 is 23.1 Å². The summed E-state index contributed by atoms with van der Waals surface area (Å²) in [6.45, 7) is 1.59. The second kappa shape index (κ2) is 8.96. The molecular formula is C24H23ClF2N4O3. The number of rotatable bonds is 5. The molecule has 2 amide bonds. The average molecular weight is 489 g/mol. The summed E-state index contributed by atoms with van der Waals surface area (Å²) in [4.78, 5) is 35.2. The smallest absolute Gasteiger partial charge is 0.268 e. The molecule has 2 aliphatic heterocycles. The molecule has 2 aromatic heterocycles. The summed E-state index contributed by atoms with van der Waals surface area (Å²) in [6.07, 6.45) is 3.89. The molecule has 0 aliphatic carbocycles. The minimum atomic E-state index is -1.05. The van der Waals surface area contributed by atoms with Crippen LogP contribution in [-0.2, 0) is 16.0 Å². The molecule has 0 saturated carbocycles. The molecule has 0 radical (unpaired) electrons. The van der Waals surface area contributed by atoms with Crippen LogP contribution in [0.4, 0.5) is 8.78 Å². The van der Waals surface area contributed by atoms with Crippen molar-refractivity contribution in [2.45, 2.75) is 37.3 Å². The monoisotopic (exact) mass is 488 g/mol. The summed E-state index contributed by atoms with van der Waals surface area (Å²) >= 11 is 5.97. The minimum Gasteiger partial charge on any atom is -0.373 e. The normalized spacial score (nSPS) is 20.9. The number of aromatic nitrogens is 2. The van der Waals surface area contributed by atoms with Crippen LogP contribution in [0.2, 0.25) is 5.02 Å². The van der Waals surface area contributed by atoms with E-state index in [2.05, 4.69) is 15.3 Å². The van der Waals surface area contributed by atoms with Crippen molar-refractivity contribution >= 4 is 34.4 Å². The van der Waals surface area contributed by atoms with Crippen LogP contribution in [0.25, 0.3) is 11.0 Å². The Bertz CT molecular complexity index is 1260. The van der Waals surface area contributed by atoms with Crippen molar-refractivity contribution in [3.8, 4) is 0 Å². The molecule has 178 valence electrons. The number of fused-ring (bicyclic) bond motifs is 1. The van der Waals surface area contributed by atoms with Crippen molar-refractivity contribution in [1.82, 2.24) is 20.2 Å². The molecule has 34 heavy (non-hydrogen) atoms. The van der Waals surface area contributed by atoms with Gasteiger partial charge in [-0.1, -0.05) is 17.7 Å². The number of nitrogens with zero attached hydrogens (tertiary/aromatic N) is 2. The molecule has 3 aromatic rings. The van der Waals surface area contributed by atoms with E-state index in [1.807, 2.05) is 0 Å². The van der Waals surface area contributed by atoms with Gasteiger partial charge >= 0.3 is 0 Å². The summed E-state index contributed by atoms with van der Waals surface area (Å²) in [5.41, 5.74) is 0.463. The van der Waals surface area contributed by atoms with E-state index in [1.165, 1.54) is 12.3 Å². The maximum absolute atomic E-state index is 14.4. The second-order valence-electron chi connectivity index (χ2n) is 8.89. The van der Waals surface area contributed by atoms with E-state index in [0.717, 1.165) is 31.4 Å². The first-order valence-electron chi connectivity index (χ1n) is 11.1. The summed E-state index contributed by atoms with van der Waals surface area (Å²) in [5, 5.41) is 3.80. The largest absolute Gasteiger partial charge is 0.373 e. The third-order valence-electron chi connectivity index (χ3n) is 6.54. The molecule has 2 atom stereocenters. The van der Waals surface area contributed by atoms with Gasteiger partial charge < -0.3 is 19.9 Å². The molecule has 2 aliphatic rings. The fourth-order valence-electron chi connectivity index (χ4n) is 4.78. The SMILES string of the molecule is O=C(N[C@@H](Cc1ccc(F)cc1F)C(=O)N1CCC2(CCCO2)C1)c1cc2cc(Cl)cnc2[nH]1. The number of likely N-dealkylation sites (tertiary alicyclic amines) is 1. The first-order chi connectivity index (χ1) is 16.3. The number of amides is 2. The van der Waals surface area contributed by atoms with Gasteiger partial charge in [0.1, 0.15) is 29.0 Å². The van der Waals surface area contributed by atoms with Crippen LogP contribution in [0.1, 0.15) is 35.3 Å². The van der Waals surface area contributed by atoms with Gasteiger partial charge in [0.05, 0.1) is 10.6 Å². The highest BCUT2D eigenvalue weighted by Gasteiger charge is 2.44. The highest BCUT2D eigenvalue weighted by molar-refractivity contribution is 6.31. The zero-order valence-electron chi connectivity index (χ0n) is 18.2. The van der Waals surface area contributed by atoms with Crippen molar-refractivity contribution in [2.24, 2.45) is 0 Å². The summed E-state index contributed by atoms with van der Waals surface area (Å²) < 4.78 is 33.7. The van der Waals surface area contributed by atoms with Gasteiger partial charge in [0.2, 0.25) is 5.91 Å². The van der Waals surface area contributed by atoms with Crippen LogP contribution in [-0.4, -0.2) is 58.0 Å². The third-order valence-corrected chi connectivity index (χ3v) is 6.74. The maximum atomic E-state index is 14.4. The highest BCUT2D eigenvalue weighted by atomic mass is 35.5. The number of H-pyrrole nitrogens is 1. The Balaban J connectivity index is 1.39. The lowest BCUT2D eigenvalue weighted by molar-refractivity contribution is -0.133. The number of nitrogens with one attached hydrogen (secondary N) is 2. The number of ether oxygens (including phenoxy) is 1. The zero-order chi connectivity index (χ0) is 23.9.